The van der Waals surface area contributed by atoms with Crippen LogP contribution in [-0.4, -0.2) is 51.6 Å². The summed E-state index contributed by atoms with van der Waals surface area (Å²) in [6.45, 7) is 3.72. The zero-order valence-corrected chi connectivity index (χ0v) is 20.5. The SMILES string of the molecule is C=N/C(=N\NCc1cc(C(=O)Nc2c(C)cc(C#N)cc2C=O)n(-c2ncccc2Cl)n1)C(F)(F)C(F)(F)F. The average molecular weight is 567 g/mol. The van der Waals surface area contributed by atoms with Gasteiger partial charge in [-0.2, -0.15) is 37.4 Å². The predicted octanol–water partition coefficient (Wildman–Crippen LogP) is 4.47. The van der Waals surface area contributed by atoms with Crippen molar-refractivity contribution in [3.05, 3.63) is 69.6 Å². The number of aldehydes is 1. The second-order valence-electron chi connectivity index (χ2n) is 7.68. The number of hydrazone groups is 1. The van der Waals surface area contributed by atoms with Crippen LogP contribution in [0.1, 0.15) is 37.7 Å². The molecule has 2 N–H and O–H groups in total. The summed E-state index contributed by atoms with van der Waals surface area (Å²) in [5.41, 5.74) is 2.48. The van der Waals surface area contributed by atoms with Crippen LogP contribution in [0.25, 0.3) is 5.82 Å². The van der Waals surface area contributed by atoms with Gasteiger partial charge in [-0.15, -0.1) is 0 Å². The second-order valence-corrected chi connectivity index (χ2v) is 8.09. The first kappa shape index (κ1) is 28.9. The number of nitrogens with one attached hydrogen (secondary N) is 2. The van der Waals surface area contributed by atoms with Crippen molar-refractivity contribution in [1.82, 2.24) is 20.2 Å². The van der Waals surface area contributed by atoms with Crippen molar-refractivity contribution in [2.75, 3.05) is 5.32 Å². The Morgan fingerprint density at radius 2 is 2.00 bits per heavy atom. The smallest absolute Gasteiger partial charge is 0.320 e. The fourth-order valence-corrected chi connectivity index (χ4v) is 3.42. The van der Waals surface area contributed by atoms with Gasteiger partial charge < -0.3 is 10.7 Å². The van der Waals surface area contributed by atoms with Gasteiger partial charge in [0, 0.05) is 11.8 Å². The fourth-order valence-electron chi connectivity index (χ4n) is 3.22. The van der Waals surface area contributed by atoms with E-state index in [9.17, 15) is 31.5 Å². The highest BCUT2D eigenvalue weighted by Crippen LogP contribution is 2.36. The number of halogens is 6. The van der Waals surface area contributed by atoms with Gasteiger partial charge in [0.25, 0.3) is 5.91 Å². The van der Waals surface area contributed by atoms with Crippen molar-refractivity contribution in [3.63, 3.8) is 0 Å². The van der Waals surface area contributed by atoms with Crippen LogP contribution in [0, 0.1) is 18.3 Å². The molecule has 3 aromatic rings. The van der Waals surface area contributed by atoms with Crippen LogP contribution in [0.3, 0.4) is 0 Å². The van der Waals surface area contributed by atoms with Crippen molar-refractivity contribution in [1.29, 1.82) is 5.26 Å². The summed E-state index contributed by atoms with van der Waals surface area (Å²) in [6.07, 6.45) is -4.16. The number of rotatable bonds is 8. The number of aliphatic imine (C=N–C) groups is 1. The molecule has 0 fully saturated rings. The third-order valence-corrected chi connectivity index (χ3v) is 5.32. The van der Waals surface area contributed by atoms with Crippen molar-refractivity contribution in [2.24, 2.45) is 10.1 Å². The van der Waals surface area contributed by atoms with Gasteiger partial charge in [-0.3, -0.25) is 9.59 Å². The van der Waals surface area contributed by atoms with Gasteiger partial charge >= 0.3 is 12.1 Å². The molecule has 0 radical (unpaired) electrons. The predicted molar refractivity (Wildman–Crippen MR) is 130 cm³/mol. The number of aryl methyl sites for hydroxylation is 1. The number of pyridine rings is 1. The van der Waals surface area contributed by atoms with Crippen LogP contribution in [0.15, 0.2) is 46.6 Å². The summed E-state index contributed by atoms with van der Waals surface area (Å²) >= 11 is 6.19. The van der Waals surface area contributed by atoms with Gasteiger partial charge in [0.15, 0.2) is 12.1 Å². The number of benzene rings is 1. The number of carbonyl (C=O) groups excluding carboxylic acids is 2. The van der Waals surface area contributed by atoms with E-state index in [0.717, 1.165) is 4.68 Å². The Bertz CT molecular complexity index is 1510. The maximum atomic E-state index is 13.5. The minimum atomic E-state index is -5.96. The Balaban J connectivity index is 1.99. The third kappa shape index (κ3) is 6.07. The molecule has 10 nitrogen and oxygen atoms in total. The molecule has 3 rings (SSSR count). The zero-order valence-electron chi connectivity index (χ0n) is 19.7. The lowest BCUT2D eigenvalue weighted by molar-refractivity contribution is -0.249. The van der Waals surface area contributed by atoms with E-state index < -0.39 is 30.4 Å². The zero-order chi connectivity index (χ0) is 29.0. The maximum Gasteiger partial charge on any atom is 0.461 e. The van der Waals surface area contributed by atoms with Crippen LogP contribution >= 0.6 is 11.6 Å². The number of amides is 1. The molecule has 39 heavy (non-hydrogen) atoms. The number of amidine groups is 1. The molecule has 202 valence electrons. The number of carbonyl (C=O) groups is 2. The first-order valence-electron chi connectivity index (χ1n) is 10.6. The fraction of sp³-hybridized carbons (Fsp3) is 0.174. The molecule has 1 amide bonds. The van der Waals surface area contributed by atoms with Crippen molar-refractivity contribution >= 4 is 42.0 Å². The first-order chi connectivity index (χ1) is 18.3. The van der Waals surface area contributed by atoms with E-state index in [0.29, 0.717) is 11.8 Å². The van der Waals surface area contributed by atoms with Crippen molar-refractivity contribution < 1.29 is 31.5 Å². The van der Waals surface area contributed by atoms with E-state index in [-0.39, 0.29) is 39.0 Å². The van der Waals surface area contributed by atoms with Gasteiger partial charge in [0.05, 0.1) is 34.6 Å². The molecule has 2 aromatic heterocycles. The van der Waals surface area contributed by atoms with Gasteiger partial charge in [0.2, 0.25) is 5.84 Å². The summed E-state index contributed by atoms with van der Waals surface area (Å²) < 4.78 is 66.0. The normalized spacial score (nSPS) is 12.0. The minimum absolute atomic E-state index is 0.0109. The van der Waals surface area contributed by atoms with Crippen LogP contribution < -0.4 is 10.7 Å². The molecular weight excluding hydrogens is 551 g/mol. The number of hydrogen-bond donors (Lipinski definition) is 2. The topological polar surface area (TPSA) is 137 Å². The van der Waals surface area contributed by atoms with Crippen molar-refractivity contribution in [3.8, 4) is 11.9 Å². The summed E-state index contributed by atoms with van der Waals surface area (Å²) in [5, 5.41) is 18.9. The van der Waals surface area contributed by atoms with Gasteiger partial charge in [-0.05, 0) is 49.5 Å². The average Bonchev–Trinajstić information content (AvgIpc) is 3.31. The molecule has 0 aliphatic rings. The summed E-state index contributed by atoms with van der Waals surface area (Å²) in [4.78, 5) is 31.6. The quantitative estimate of drug-likeness (QED) is 0.136. The Morgan fingerprint density at radius 1 is 1.28 bits per heavy atom. The molecule has 0 atom stereocenters. The standard InChI is InChI=1S/C23H16ClF5N8O2/c1-12-6-13(9-30)7-14(11-38)18(12)34-20(39)17-8-15(36-37(17)19-16(24)4-3-5-32-19)10-33-35-21(31-2)22(25,26)23(27,28)29/h3-8,11,33H,2,10H2,1H3,(H,34,39)/b35-21-. The molecular formula is C23H16ClF5N8O2. The highest BCUT2D eigenvalue weighted by atomic mass is 35.5. The minimum Gasteiger partial charge on any atom is -0.320 e. The Labute approximate surface area is 221 Å². The molecule has 0 bridgehead atoms. The number of hydrogen-bond acceptors (Lipinski definition) is 7. The largest absolute Gasteiger partial charge is 0.461 e. The number of anilines is 1. The molecule has 0 unspecified atom stereocenters. The van der Waals surface area contributed by atoms with Gasteiger partial charge in [0.1, 0.15) is 5.69 Å². The second kappa shape index (κ2) is 11.4. The van der Waals surface area contributed by atoms with Crippen LogP contribution in [0.5, 0.6) is 0 Å². The highest BCUT2D eigenvalue weighted by Gasteiger charge is 2.62. The summed E-state index contributed by atoms with van der Waals surface area (Å²) in [6, 6.07) is 8.75. The number of nitriles is 1. The Morgan fingerprint density at radius 3 is 2.59 bits per heavy atom. The number of alkyl halides is 5. The molecule has 0 spiro atoms. The summed E-state index contributed by atoms with van der Waals surface area (Å²) in [7, 11) is 0. The molecule has 2 heterocycles. The van der Waals surface area contributed by atoms with E-state index in [1.54, 1.807) is 6.92 Å². The van der Waals surface area contributed by atoms with Crippen LogP contribution in [0.4, 0.5) is 27.6 Å². The molecule has 1 aromatic carbocycles. The molecule has 16 heteroatoms. The van der Waals surface area contributed by atoms with E-state index in [1.807, 2.05) is 11.5 Å². The number of aromatic nitrogens is 3. The molecule has 0 aliphatic carbocycles. The van der Waals surface area contributed by atoms with E-state index in [2.05, 4.69) is 32.2 Å². The van der Waals surface area contributed by atoms with Crippen LogP contribution in [-0.2, 0) is 6.54 Å². The van der Waals surface area contributed by atoms with Crippen molar-refractivity contribution in [2.45, 2.75) is 25.6 Å². The molecule has 0 saturated carbocycles. The van der Waals surface area contributed by atoms with E-state index in [1.165, 1.54) is 36.5 Å². The first-order valence-corrected chi connectivity index (χ1v) is 10.9. The number of nitrogens with zero attached hydrogens (tertiary/aromatic N) is 6. The Hall–Kier alpha value is -4.71. The monoisotopic (exact) mass is 566 g/mol. The Kier molecular flexibility index (Phi) is 8.40. The third-order valence-electron chi connectivity index (χ3n) is 5.02. The van der Waals surface area contributed by atoms with Gasteiger partial charge in [-0.1, -0.05) is 11.6 Å². The lowest BCUT2D eigenvalue weighted by atomic mass is 10.0. The van der Waals surface area contributed by atoms with Crippen LogP contribution in [0.2, 0.25) is 5.02 Å². The van der Waals surface area contributed by atoms with Gasteiger partial charge in [-0.25, -0.2) is 14.7 Å². The lowest BCUT2D eigenvalue weighted by Gasteiger charge is -2.18. The summed E-state index contributed by atoms with van der Waals surface area (Å²) in [5.74, 6) is -8.11. The maximum absolute atomic E-state index is 13.5. The van der Waals surface area contributed by atoms with E-state index in [4.69, 9.17) is 16.9 Å². The molecule has 0 aliphatic heterocycles. The highest BCUT2D eigenvalue weighted by molar-refractivity contribution is 6.32. The molecule has 0 saturated heterocycles. The van der Waals surface area contributed by atoms with E-state index >= 15 is 0 Å². The lowest BCUT2D eigenvalue weighted by Crippen LogP contribution is -2.44.